The van der Waals surface area contributed by atoms with Gasteiger partial charge in [0.1, 0.15) is 5.82 Å². The lowest BCUT2D eigenvalue weighted by molar-refractivity contribution is 0.533. The monoisotopic (exact) mass is 305 g/mol. The number of rotatable bonds is 2. The molecular formula is C18H12FN3O. The van der Waals surface area contributed by atoms with Gasteiger partial charge in [0.05, 0.1) is 5.52 Å². The molecule has 0 aliphatic rings. The van der Waals surface area contributed by atoms with Crippen molar-refractivity contribution in [2.24, 2.45) is 0 Å². The molecular weight excluding hydrogens is 293 g/mol. The predicted octanol–water partition coefficient (Wildman–Crippen LogP) is 4.40. The quantitative estimate of drug-likeness (QED) is 0.551. The number of hydrogen-bond donors (Lipinski definition) is 0. The van der Waals surface area contributed by atoms with Crippen LogP contribution in [0, 0.1) is 12.7 Å². The van der Waals surface area contributed by atoms with Crippen LogP contribution < -0.4 is 0 Å². The predicted molar refractivity (Wildman–Crippen MR) is 85.2 cm³/mol. The first kappa shape index (κ1) is 13.6. The van der Waals surface area contributed by atoms with Crippen molar-refractivity contribution >= 4 is 10.9 Å². The number of aryl methyl sites for hydroxylation is 1. The Morgan fingerprint density at radius 3 is 2.52 bits per heavy atom. The Morgan fingerprint density at radius 2 is 1.74 bits per heavy atom. The van der Waals surface area contributed by atoms with Crippen molar-refractivity contribution in [3.63, 3.8) is 0 Å². The van der Waals surface area contributed by atoms with E-state index < -0.39 is 0 Å². The maximum Gasteiger partial charge on any atom is 0.248 e. The van der Waals surface area contributed by atoms with Gasteiger partial charge in [-0.1, -0.05) is 24.3 Å². The van der Waals surface area contributed by atoms with Crippen molar-refractivity contribution in [3.8, 4) is 22.6 Å². The third-order valence-electron chi connectivity index (χ3n) is 3.64. The summed E-state index contributed by atoms with van der Waals surface area (Å²) in [4.78, 5) is 4.41. The molecule has 0 fully saturated rings. The maximum absolute atomic E-state index is 14.0. The van der Waals surface area contributed by atoms with Gasteiger partial charge in [0.15, 0.2) is 0 Å². The molecule has 0 unspecified atom stereocenters. The number of benzene rings is 2. The van der Waals surface area contributed by atoms with Crippen LogP contribution in [0.25, 0.3) is 33.5 Å². The number of pyridine rings is 1. The summed E-state index contributed by atoms with van der Waals surface area (Å²) in [6.45, 7) is 1.73. The van der Waals surface area contributed by atoms with Crippen molar-refractivity contribution in [1.29, 1.82) is 0 Å². The van der Waals surface area contributed by atoms with E-state index >= 15 is 0 Å². The topological polar surface area (TPSA) is 51.8 Å². The molecule has 0 saturated carbocycles. The lowest BCUT2D eigenvalue weighted by Crippen LogP contribution is -1.90. The summed E-state index contributed by atoms with van der Waals surface area (Å²) in [6.07, 6.45) is 1.70. The molecule has 0 atom stereocenters. The molecule has 2 aromatic carbocycles. The summed E-state index contributed by atoms with van der Waals surface area (Å²) in [5.41, 5.74) is 3.00. The van der Waals surface area contributed by atoms with Gasteiger partial charge in [-0.05, 0) is 29.8 Å². The highest BCUT2D eigenvalue weighted by Crippen LogP contribution is 2.35. The molecule has 2 heterocycles. The molecule has 23 heavy (non-hydrogen) atoms. The molecule has 0 aliphatic heterocycles. The minimum absolute atomic E-state index is 0.308. The highest BCUT2D eigenvalue weighted by atomic mass is 19.1. The molecule has 4 rings (SSSR count). The van der Waals surface area contributed by atoms with Gasteiger partial charge >= 0.3 is 0 Å². The van der Waals surface area contributed by atoms with Gasteiger partial charge in [-0.25, -0.2) is 4.39 Å². The second-order valence-electron chi connectivity index (χ2n) is 5.20. The lowest BCUT2D eigenvalue weighted by atomic mass is 9.97. The standard InChI is InChI=1S/C18H12FN3O/c1-11-21-22-18(23-11)15-7-3-2-6-14(15)16-10-13(19)9-12-5-4-8-20-17(12)16/h2-10H,1H3. The van der Waals surface area contributed by atoms with Gasteiger partial charge in [-0.2, -0.15) is 0 Å². The molecule has 0 radical (unpaired) electrons. The largest absolute Gasteiger partial charge is 0.421 e. The molecule has 4 nitrogen and oxygen atoms in total. The second-order valence-corrected chi connectivity index (χ2v) is 5.20. The van der Waals surface area contributed by atoms with E-state index in [0.717, 1.165) is 22.0 Å². The summed E-state index contributed by atoms with van der Waals surface area (Å²) < 4.78 is 19.6. The second kappa shape index (κ2) is 5.28. The fraction of sp³-hybridized carbons (Fsp3) is 0.0556. The zero-order valence-corrected chi connectivity index (χ0v) is 12.3. The van der Waals surface area contributed by atoms with E-state index in [4.69, 9.17) is 4.42 Å². The van der Waals surface area contributed by atoms with Crippen molar-refractivity contribution in [2.75, 3.05) is 0 Å². The van der Waals surface area contributed by atoms with E-state index in [2.05, 4.69) is 15.2 Å². The zero-order chi connectivity index (χ0) is 15.8. The van der Waals surface area contributed by atoms with Crippen LogP contribution in [0.15, 0.2) is 59.1 Å². The minimum atomic E-state index is -0.308. The van der Waals surface area contributed by atoms with Gasteiger partial charge in [0, 0.05) is 29.6 Å². The third-order valence-corrected chi connectivity index (χ3v) is 3.64. The van der Waals surface area contributed by atoms with Crippen LogP contribution in [0.4, 0.5) is 4.39 Å². The van der Waals surface area contributed by atoms with Crippen molar-refractivity contribution in [2.45, 2.75) is 6.92 Å². The number of hydrogen-bond acceptors (Lipinski definition) is 4. The average molecular weight is 305 g/mol. The minimum Gasteiger partial charge on any atom is -0.421 e. The van der Waals surface area contributed by atoms with Crippen LogP contribution in [0.5, 0.6) is 0 Å². The summed E-state index contributed by atoms with van der Waals surface area (Å²) in [7, 11) is 0. The normalized spacial score (nSPS) is 11.0. The Balaban J connectivity index is 2.03. The first-order valence-corrected chi connectivity index (χ1v) is 7.16. The van der Waals surface area contributed by atoms with Crippen molar-refractivity contribution < 1.29 is 8.81 Å². The molecule has 112 valence electrons. The summed E-state index contributed by atoms with van der Waals surface area (Å²) in [5.74, 6) is 0.584. The Hall–Kier alpha value is -3.08. The van der Waals surface area contributed by atoms with Crippen LogP contribution in [0.1, 0.15) is 5.89 Å². The summed E-state index contributed by atoms with van der Waals surface area (Å²) in [5, 5.41) is 8.69. The van der Waals surface area contributed by atoms with Gasteiger partial charge in [-0.15, -0.1) is 10.2 Å². The number of nitrogens with zero attached hydrogens (tertiary/aromatic N) is 3. The first-order valence-electron chi connectivity index (χ1n) is 7.16. The first-order chi connectivity index (χ1) is 11.2. The number of halogens is 1. The van der Waals surface area contributed by atoms with Gasteiger partial charge in [-0.3, -0.25) is 4.98 Å². The Morgan fingerprint density at radius 1 is 0.913 bits per heavy atom. The van der Waals surface area contributed by atoms with Crippen LogP contribution in [-0.2, 0) is 0 Å². The fourth-order valence-corrected chi connectivity index (χ4v) is 2.67. The van der Waals surface area contributed by atoms with Crippen LogP contribution in [-0.4, -0.2) is 15.2 Å². The molecule has 4 aromatic rings. The van der Waals surface area contributed by atoms with E-state index in [1.165, 1.54) is 12.1 Å². The molecule has 0 saturated heterocycles. The summed E-state index contributed by atoms with van der Waals surface area (Å²) in [6, 6.07) is 14.1. The third kappa shape index (κ3) is 2.36. The Labute approximate surface area is 131 Å². The van der Waals surface area contributed by atoms with E-state index in [9.17, 15) is 4.39 Å². The highest BCUT2D eigenvalue weighted by molar-refractivity contribution is 5.97. The van der Waals surface area contributed by atoms with Crippen LogP contribution in [0.2, 0.25) is 0 Å². The van der Waals surface area contributed by atoms with Crippen LogP contribution >= 0.6 is 0 Å². The van der Waals surface area contributed by atoms with Crippen molar-refractivity contribution in [3.05, 3.63) is 66.4 Å². The molecule has 0 bridgehead atoms. The van der Waals surface area contributed by atoms with Gasteiger partial charge < -0.3 is 4.42 Å². The average Bonchev–Trinajstić information content (AvgIpc) is 3.00. The number of aromatic nitrogens is 3. The van der Waals surface area contributed by atoms with E-state index in [0.29, 0.717) is 17.3 Å². The molecule has 0 aliphatic carbocycles. The molecule has 0 spiro atoms. The zero-order valence-electron chi connectivity index (χ0n) is 12.3. The highest BCUT2D eigenvalue weighted by Gasteiger charge is 2.15. The Kier molecular flexibility index (Phi) is 3.12. The fourth-order valence-electron chi connectivity index (χ4n) is 2.67. The van der Waals surface area contributed by atoms with E-state index in [1.54, 1.807) is 19.2 Å². The molecule has 0 amide bonds. The van der Waals surface area contributed by atoms with E-state index in [-0.39, 0.29) is 5.82 Å². The Bertz CT molecular complexity index is 1010. The number of fused-ring (bicyclic) bond motifs is 1. The maximum atomic E-state index is 14.0. The lowest BCUT2D eigenvalue weighted by Gasteiger charge is -2.09. The van der Waals surface area contributed by atoms with Gasteiger partial charge in [0.25, 0.3) is 0 Å². The van der Waals surface area contributed by atoms with Crippen LogP contribution in [0.3, 0.4) is 0 Å². The summed E-state index contributed by atoms with van der Waals surface area (Å²) >= 11 is 0. The molecule has 0 N–H and O–H groups in total. The van der Waals surface area contributed by atoms with Crippen molar-refractivity contribution in [1.82, 2.24) is 15.2 Å². The van der Waals surface area contributed by atoms with E-state index in [1.807, 2.05) is 30.3 Å². The molecule has 5 heteroatoms. The van der Waals surface area contributed by atoms with Gasteiger partial charge in [0.2, 0.25) is 11.8 Å². The molecule has 2 aromatic heterocycles. The SMILES string of the molecule is Cc1nnc(-c2ccccc2-c2cc(F)cc3cccnc23)o1. The smallest absolute Gasteiger partial charge is 0.248 e.